The Bertz CT molecular complexity index is 838. The first kappa shape index (κ1) is 15.5. The van der Waals surface area contributed by atoms with Crippen LogP contribution in [0.2, 0.25) is 0 Å². The van der Waals surface area contributed by atoms with Crippen molar-refractivity contribution in [2.75, 3.05) is 10.6 Å². The molecule has 0 aliphatic heterocycles. The molecule has 1 heterocycles. The van der Waals surface area contributed by atoms with Crippen LogP contribution in [0.1, 0.15) is 17.3 Å². The Morgan fingerprint density at radius 3 is 2.12 bits per heavy atom. The Hall–Kier alpha value is -3.41. The van der Waals surface area contributed by atoms with Gasteiger partial charge in [-0.15, -0.1) is 0 Å². The van der Waals surface area contributed by atoms with Crippen LogP contribution in [-0.4, -0.2) is 21.4 Å². The predicted octanol–water partition coefficient (Wildman–Crippen LogP) is 3.08. The lowest BCUT2D eigenvalue weighted by Gasteiger charge is -2.08. The number of imidazole rings is 1. The maximum absolute atomic E-state index is 12.2. The number of hydrogen-bond donors (Lipinski definition) is 2. The minimum atomic E-state index is -0.209. The molecule has 0 bridgehead atoms. The number of carbonyl (C=O) groups excluding carboxylic acids is 2. The minimum Gasteiger partial charge on any atom is -0.326 e. The lowest BCUT2D eigenvalue weighted by molar-refractivity contribution is -0.114. The number of aromatic nitrogens is 2. The van der Waals surface area contributed by atoms with Gasteiger partial charge in [0, 0.05) is 41.9 Å². The SMILES string of the molecule is CC(=O)Nc1ccc(C(=O)Nc2ccc(-n3ccnc3)cc2)cc1. The number of anilines is 2. The molecule has 0 atom stereocenters. The van der Waals surface area contributed by atoms with Crippen molar-refractivity contribution in [3.8, 4) is 5.69 Å². The van der Waals surface area contributed by atoms with Gasteiger partial charge >= 0.3 is 0 Å². The lowest BCUT2D eigenvalue weighted by atomic mass is 10.2. The Morgan fingerprint density at radius 1 is 0.917 bits per heavy atom. The molecular formula is C18H16N4O2. The first-order chi connectivity index (χ1) is 11.6. The van der Waals surface area contributed by atoms with Crippen LogP contribution in [0.5, 0.6) is 0 Å². The number of nitrogens with one attached hydrogen (secondary N) is 2. The summed E-state index contributed by atoms with van der Waals surface area (Å²) in [5.41, 5.74) is 2.84. The van der Waals surface area contributed by atoms with Crippen LogP contribution in [0, 0.1) is 0 Å². The maximum Gasteiger partial charge on any atom is 0.255 e. The predicted molar refractivity (Wildman–Crippen MR) is 92.3 cm³/mol. The molecule has 0 spiro atoms. The van der Waals surface area contributed by atoms with E-state index in [0.717, 1.165) is 5.69 Å². The van der Waals surface area contributed by atoms with E-state index >= 15 is 0 Å². The van der Waals surface area contributed by atoms with E-state index in [0.29, 0.717) is 16.9 Å². The summed E-state index contributed by atoms with van der Waals surface area (Å²) < 4.78 is 1.88. The number of hydrogen-bond acceptors (Lipinski definition) is 3. The molecule has 0 unspecified atom stereocenters. The molecule has 6 heteroatoms. The number of rotatable bonds is 4. The van der Waals surface area contributed by atoms with Gasteiger partial charge in [0.15, 0.2) is 0 Å². The van der Waals surface area contributed by atoms with E-state index in [1.807, 2.05) is 35.0 Å². The third kappa shape index (κ3) is 3.67. The van der Waals surface area contributed by atoms with Crippen molar-refractivity contribution in [1.82, 2.24) is 9.55 Å². The van der Waals surface area contributed by atoms with Crippen molar-refractivity contribution in [2.45, 2.75) is 6.92 Å². The number of benzene rings is 2. The molecule has 0 radical (unpaired) electrons. The topological polar surface area (TPSA) is 76.0 Å². The highest BCUT2D eigenvalue weighted by atomic mass is 16.2. The van der Waals surface area contributed by atoms with Crippen LogP contribution in [0.3, 0.4) is 0 Å². The van der Waals surface area contributed by atoms with Gasteiger partial charge in [0.05, 0.1) is 6.33 Å². The molecule has 120 valence electrons. The minimum absolute atomic E-state index is 0.148. The number of nitrogens with zero attached hydrogens (tertiary/aromatic N) is 2. The molecule has 6 nitrogen and oxygen atoms in total. The summed E-state index contributed by atoms with van der Waals surface area (Å²) in [6.45, 7) is 1.44. The van der Waals surface area contributed by atoms with E-state index in [4.69, 9.17) is 0 Å². The summed E-state index contributed by atoms with van der Waals surface area (Å²) in [7, 11) is 0. The van der Waals surface area contributed by atoms with Crippen molar-refractivity contribution in [3.05, 3.63) is 72.8 Å². The zero-order chi connectivity index (χ0) is 16.9. The maximum atomic E-state index is 12.2. The van der Waals surface area contributed by atoms with Gasteiger partial charge in [-0.25, -0.2) is 4.98 Å². The van der Waals surface area contributed by atoms with E-state index in [1.165, 1.54) is 6.92 Å². The highest BCUT2D eigenvalue weighted by molar-refractivity contribution is 6.04. The summed E-state index contributed by atoms with van der Waals surface area (Å²) in [5, 5.41) is 5.50. The Morgan fingerprint density at radius 2 is 1.54 bits per heavy atom. The smallest absolute Gasteiger partial charge is 0.255 e. The van der Waals surface area contributed by atoms with Gasteiger partial charge in [-0.05, 0) is 48.5 Å². The van der Waals surface area contributed by atoms with E-state index in [2.05, 4.69) is 15.6 Å². The summed E-state index contributed by atoms with van der Waals surface area (Å²) in [6.07, 6.45) is 5.27. The second kappa shape index (κ2) is 6.78. The average molecular weight is 320 g/mol. The highest BCUT2D eigenvalue weighted by Gasteiger charge is 2.06. The van der Waals surface area contributed by atoms with Crippen molar-refractivity contribution in [3.63, 3.8) is 0 Å². The van der Waals surface area contributed by atoms with Crippen molar-refractivity contribution >= 4 is 23.2 Å². The molecule has 3 aromatic rings. The molecule has 24 heavy (non-hydrogen) atoms. The third-order valence-corrected chi connectivity index (χ3v) is 3.40. The van der Waals surface area contributed by atoms with Crippen LogP contribution in [0.15, 0.2) is 67.3 Å². The molecule has 1 aromatic heterocycles. The second-order valence-corrected chi connectivity index (χ2v) is 5.23. The van der Waals surface area contributed by atoms with Crippen LogP contribution in [0.4, 0.5) is 11.4 Å². The number of carbonyl (C=O) groups is 2. The van der Waals surface area contributed by atoms with Crippen LogP contribution in [0.25, 0.3) is 5.69 Å². The van der Waals surface area contributed by atoms with Crippen molar-refractivity contribution in [1.29, 1.82) is 0 Å². The zero-order valence-corrected chi connectivity index (χ0v) is 13.1. The molecule has 0 saturated heterocycles. The zero-order valence-electron chi connectivity index (χ0n) is 13.1. The van der Waals surface area contributed by atoms with E-state index in [-0.39, 0.29) is 11.8 Å². The normalized spacial score (nSPS) is 10.2. The fourth-order valence-electron chi connectivity index (χ4n) is 2.24. The van der Waals surface area contributed by atoms with Gasteiger partial charge in [-0.2, -0.15) is 0 Å². The molecule has 0 saturated carbocycles. The van der Waals surface area contributed by atoms with Gasteiger partial charge < -0.3 is 15.2 Å². The first-order valence-electron chi connectivity index (χ1n) is 7.39. The van der Waals surface area contributed by atoms with Crippen LogP contribution < -0.4 is 10.6 Å². The fraction of sp³-hybridized carbons (Fsp3) is 0.0556. The summed E-state index contributed by atoms with van der Waals surface area (Å²) in [6, 6.07) is 14.2. The molecule has 0 aliphatic carbocycles. The Labute approximate surface area is 139 Å². The fourth-order valence-corrected chi connectivity index (χ4v) is 2.24. The van der Waals surface area contributed by atoms with E-state index in [9.17, 15) is 9.59 Å². The molecule has 2 N–H and O–H groups in total. The molecular weight excluding hydrogens is 304 g/mol. The summed E-state index contributed by atoms with van der Waals surface area (Å²) in [4.78, 5) is 27.2. The van der Waals surface area contributed by atoms with Crippen LogP contribution >= 0.6 is 0 Å². The third-order valence-electron chi connectivity index (χ3n) is 3.40. The Balaban J connectivity index is 1.67. The van der Waals surface area contributed by atoms with E-state index in [1.54, 1.807) is 36.8 Å². The lowest BCUT2D eigenvalue weighted by Crippen LogP contribution is -2.12. The van der Waals surface area contributed by atoms with Gasteiger partial charge in [0.25, 0.3) is 5.91 Å². The van der Waals surface area contributed by atoms with Gasteiger partial charge in [0.2, 0.25) is 5.91 Å². The van der Waals surface area contributed by atoms with Gasteiger partial charge in [-0.3, -0.25) is 9.59 Å². The monoisotopic (exact) mass is 320 g/mol. The second-order valence-electron chi connectivity index (χ2n) is 5.23. The van der Waals surface area contributed by atoms with E-state index < -0.39 is 0 Å². The largest absolute Gasteiger partial charge is 0.326 e. The molecule has 0 fully saturated rings. The molecule has 3 rings (SSSR count). The van der Waals surface area contributed by atoms with Crippen LogP contribution in [-0.2, 0) is 4.79 Å². The first-order valence-corrected chi connectivity index (χ1v) is 7.39. The van der Waals surface area contributed by atoms with Crippen molar-refractivity contribution < 1.29 is 9.59 Å². The quantitative estimate of drug-likeness (QED) is 0.775. The standard InChI is InChI=1S/C18H16N4O2/c1-13(23)20-15-4-2-14(3-5-15)18(24)21-16-6-8-17(9-7-16)22-11-10-19-12-22/h2-12H,1H3,(H,20,23)(H,21,24). The number of amides is 2. The summed E-state index contributed by atoms with van der Waals surface area (Å²) >= 11 is 0. The highest BCUT2D eigenvalue weighted by Crippen LogP contribution is 2.15. The molecule has 0 aliphatic rings. The van der Waals surface area contributed by atoms with Gasteiger partial charge in [-0.1, -0.05) is 0 Å². The molecule has 2 amide bonds. The van der Waals surface area contributed by atoms with Crippen molar-refractivity contribution in [2.24, 2.45) is 0 Å². The van der Waals surface area contributed by atoms with Gasteiger partial charge in [0.1, 0.15) is 0 Å². The Kier molecular flexibility index (Phi) is 4.38. The average Bonchev–Trinajstić information content (AvgIpc) is 3.10. The summed E-state index contributed by atoms with van der Waals surface area (Å²) in [5.74, 6) is -0.357. The molecule has 2 aromatic carbocycles.